The Morgan fingerprint density at radius 3 is 3.19 bits per heavy atom. The van der Waals surface area contributed by atoms with Crippen molar-refractivity contribution in [2.75, 3.05) is 6.54 Å². The van der Waals surface area contributed by atoms with E-state index in [0.717, 1.165) is 30.8 Å². The van der Waals surface area contributed by atoms with E-state index in [4.69, 9.17) is 4.74 Å². The molecule has 3 rings (SSSR count). The number of ether oxygens (including phenoxy) is 1. The van der Waals surface area contributed by atoms with E-state index in [9.17, 15) is 4.79 Å². The Hall–Kier alpha value is -2.15. The SMILES string of the molecule is CCc1[nH]ccc1C(=O)NC[C@H]1CC[C@@H](c2ncn[nH]2)O1. The molecule has 0 aromatic carbocycles. The summed E-state index contributed by atoms with van der Waals surface area (Å²) in [5.41, 5.74) is 1.67. The first-order valence-electron chi connectivity index (χ1n) is 7.23. The molecule has 0 bridgehead atoms. The number of carbonyl (C=O) groups is 1. The predicted octanol–water partition coefficient (Wildman–Crippen LogP) is 1.35. The molecule has 3 heterocycles. The van der Waals surface area contributed by atoms with E-state index in [0.29, 0.717) is 12.1 Å². The largest absolute Gasteiger partial charge is 0.365 e. The van der Waals surface area contributed by atoms with E-state index in [1.807, 2.05) is 6.92 Å². The van der Waals surface area contributed by atoms with Crippen LogP contribution in [0.5, 0.6) is 0 Å². The molecule has 2 aromatic heterocycles. The molecule has 1 fully saturated rings. The van der Waals surface area contributed by atoms with E-state index in [-0.39, 0.29) is 18.1 Å². The third kappa shape index (κ3) is 2.97. The van der Waals surface area contributed by atoms with Crippen molar-refractivity contribution in [1.82, 2.24) is 25.5 Å². The van der Waals surface area contributed by atoms with Crippen molar-refractivity contribution in [3.05, 3.63) is 35.7 Å². The Kier molecular flexibility index (Phi) is 4.01. The zero-order valence-corrected chi connectivity index (χ0v) is 11.9. The third-order valence-electron chi connectivity index (χ3n) is 3.77. The minimum atomic E-state index is -0.0557. The molecule has 2 atom stereocenters. The second kappa shape index (κ2) is 6.09. The molecule has 0 radical (unpaired) electrons. The molecular formula is C14H19N5O2. The molecule has 7 nitrogen and oxygen atoms in total. The van der Waals surface area contributed by atoms with Crippen LogP contribution in [0.15, 0.2) is 18.6 Å². The van der Waals surface area contributed by atoms with Crippen LogP contribution in [0.3, 0.4) is 0 Å². The van der Waals surface area contributed by atoms with Gasteiger partial charge < -0.3 is 15.0 Å². The number of H-pyrrole nitrogens is 2. The summed E-state index contributed by atoms with van der Waals surface area (Å²) in [7, 11) is 0. The van der Waals surface area contributed by atoms with Crippen LogP contribution in [-0.4, -0.2) is 38.7 Å². The lowest BCUT2D eigenvalue weighted by Gasteiger charge is -2.13. The van der Waals surface area contributed by atoms with Crippen molar-refractivity contribution < 1.29 is 9.53 Å². The summed E-state index contributed by atoms with van der Waals surface area (Å²) in [4.78, 5) is 19.3. The summed E-state index contributed by atoms with van der Waals surface area (Å²) in [5.74, 6) is 0.697. The first-order chi connectivity index (χ1) is 10.3. The topological polar surface area (TPSA) is 95.7 Å². The van der Waals surface area contributed by atoms with Gasteiger partial charge in [0.05, 0.1) is 11.7 Å². The molecule has 1 aliphatic rings. The van der Waals surface area contributed by atoms with E-state index < -0.39 is 0 Å². The van der Waals surface area contributed by atoms with Gasteiger partial charge in [0.15, 0.2) is 5.82 Å². The maximum atomic E-state index is 12.1. The number of hydrogen-bond donors (Lipinski definition) is 3. The maximum absolute atomic E-state index is 12.1. The Balaban J connectivity index is 1.51. The van der Waals surface area contributed by atoms with Gasteiger partial charge in [-0.1, -0.05) is 6.92 Å². The second-order valence-electron chi connectivity index (χ2n) is 5.13. The van der Waals surface area contributed by atoms with E-state index >= 15 is 0 Å². The first kappa shape index (κ1) is 13.8. The zero-order valence-electron chi connectivity index (χ0n) is 11.9. The molecule has 21 heavy (non-hydrogen) atoms. The van der Waals surface area contributed by atoms with Crippen molar-refractivity contribution in [3.63, 3.8) is 0 Å². The molecule has 7 heteroatoms. The van der Waals surface area contributed by atoms with Gasteiger partial charge in [0.1, 0.15) is 12.4 Å². The van der Waals surface area contributed by atoms with Gasteiger partial charge in [-0.3, -0.25) is 9.89 Å². The Bertz CT molecular complexity index is 592. The van der Waals surface area contributed by atoms with Gasteiger partial charge in [0, 0.05) is 18.4 Å². The number of hydrogen-bond acceptors (Lipinski definition) is 4. The predicted molar refractivity (Wildman–Crippen MR) is 75.7 cm³/mol. The molecule has 112 valence electrons. The maximum Gasteiger partial charge on any atom is 0.253 e. The molecule has 0 aliphatic carbocycles. The van der Waals surface area contributed by atoms with Crippen molar-refractivity contribution in [1.29, 1.82) is 0 Å². The molecule has 0 saturated carbocycles. The lowest BCUT2D eigenvalue weighted by molar-refractivity contribution is 0.0392. The number of rotatable bonds is 5. The van der Waals surface area contributed by atoms with Gasteiger partial charge in [-0.25, -0.2) is 4.98 Å². The number of nitrogens with zero attached hydrogens (tertiary/aromatic N) is 2. The molecule has 0 spiro atoms. The number of aryl methyl sites for hydroxylation is 1. The standard InChI is InChI=1S/C14H19N5O2/c1-2-11-10(5-6-15-11)14(20)16-7-9-3-4-12(21-9)13-17-8-18-19-13/h5-6,8-9,12,15H,2-4,7H2,1H3,(H,16,20)(H,17,18,19)/t9-,12+/m1/s1. The number of aromatic amines is 2. The quantitative estimate of drug-likeness (QED) is 0.774. The summed E-state index contributed by atoms with van der Waals surface area (Å²) in [5, 5.41) is 9.59. The minimum absolute atomic E-state index is 0.0214. The average Bonchev–Trinajstić information content (AvgIpc) is 3.24. The third-order valence-corrected chi connectivity index (χ3v) is 3.77. The second-order valence-corrected chi connectivity index (χ2v) is 5.13. The molecule has 1 amide bonds. The smallest absolute Gasteiger partial charge is 0.253 e. The van der Waals surface area contributed by atoms with Gasteiger partial charge in [-0.05, 0) is 25.3 Å². The van der Waals surface area contributed by atoms with Crippen molar-refractivity contribution in [2.24, 2.45) is 0 Å². The summed E-state index contributed by atoms with van der Waals surface area (Å²) in [6.45, 7) is 2.53. The lowest BCUT2D eigenvalue weighted by atomic mass is 10.1. The molecule has 1 saturated heterocycles. The monoisotopic (exact) mass is 289 g/mol. The Morgan fingerprint density at radius 1 is 1.52 bits per heavy atom. The van der Waals surface area contributed by atoms with Crippen LogP contribution in [0.25, 0.3) is 0 Å². The highest BCUT2D eigenvalue weighted by atomic mass is 16.5. The molecule has 1 aliphatic heterocycles. The molecular weight excluding hydrogens is 270 g/mol. The normalized spacial score (nSPS) is 21.6. The highest BCUT2D eigenvalue weighted by Crippen LogP contribution is 2.30. The first-order valence-corrected chi connectivity index (χ1v) is 7.23. The van der Waals surface area contributed by atoms with Crippen LogP contribution in [0.4, 0.5) is 0 Å². The van der Waals surface area contributed by atoms with Gasteiger partial charge >= 0.3 is 0 Å². The van der Waals surface area contributed by atoms with E-state index in [1.165, 1.54) is 6.33 Å². The van der Waals surface area contributed by atoms with Crippen molar-refractivity contribution >= 4 is 5.91 Å². The number of nitrogens with one attached hydrogen (secondary N) is 3. The van der Waals surface area contributed by atoms with Gasteiger partial charge in [0.25, 0.3) is 5.91 Å². The van der Waals surface area contributed by atoms with Gasteiger partial charge in [-0.2, -0.15) is 5.10 Å². The van der Waals surface area contributed by atoms with Crippen molar-refractivity contribution in [2.45, 2.75) is 38.4 Å². The number of aromatic nitrogens is 4. The zero-order chi connectivity index (χ0) is 14.7. The van der Waals surface area contributed by atoms with Crippen LogP contribution < -0.4 is 5.32 Å². The van der Waals surface area contributed by atoms with Crippen LogP contribution in [-0.2, 0) is 11.2 Å². The van der Waals surface area contributed by atoms with Crippen LogP contribution in [0, 0.1) is 0 Å². The van der Waals surface area contributed by atoms with Crippen molar-refractivity contribution in [3.8, 4) is 0 Å². The molecule has 2 aromatic rings. The fraction of sp³-hybridized carbons (Fsp3) is 0.500. The van der Waals surface area contributed by atoms with Crippen LogP contribution >= 0.6 is 0 Å². The van der Waals surface area contributed by atoms with Crippen LogP contribution in [0.2, 0.25) is 0 Å². The highest BCUT2D eigenvalue weighted by Gasteiger charge is 2.28. The average molecular weight is 289 g/mol. The number of amides is 1. The Labute approximate surface area is 122 Å². The minimum Gasteiger partial charge on any atom is -0.365 e. The summed E-state index contributed by atoms with van der Waals surface area (Å²) in [6.07, 6.45) is 5.84. The van der Waals surface area contributed by atoms with E-state index in [1.54, 1.807) is 12.3 Å². The van der Waals surface area contributed by atoms with E-state index in [2.05, 4.69) is 25.5 Å². The number of carbonyl (C=O) groups excluding carboxylic acids is 1. The van der Waals surface area contributed by atoms with Gasteiger partial charge in [-0.15, -0.1) is 0 Å². The van der Waals surface area contributed by atoms with Crippen LogP contribution in [0.1, 0.15) is 47.7 Å². The molecule has 0 unspecified atom stereocenters. The van der Waals surface area contributed by atoms with Gasteiger partial charge in [0.2, 0.25) is 0 Å². The highest BCUT2D eigenvalue weighted by molar-refractivity contribution is 5.95. The fourth-order valence-electron chi connectivity index (χ4n) is 2.64. The summed E-state index contributed by atoms with van der Waals surface area (Å²) >= 11 is 0. The summed E-state index contributed by atoms with van der Waals surface area (Å²) < 4.78 is 5.87. The Morgan fingerprint density at radius 2 is 2.43 bits per heavy atom. The summed E-state index contributed by atoms with van der Waals surface area (Å²) in [6, 6.07) is 1.81. The fourth-order valence-corrected chi connectivity index (χ4v) is 2.64. The molecule has 3 N–H and O–H groups in total. The lowest BCUT2D eigenvalue weighted by Crippen LogP contribution is -2.32.